The van der Waals surface area contributed by atoms with Gasteiger partial charge in [0.1, 0.15) is 0 Å². The third kappa shape index (κ3) is 4.16. The van der Waals surface area contributed by atoms with Crippen molar-refractivity contribution >= 4 is 50.1 Å². The molecule has 1 atom stereocenters. The number of aromatic nitrogens is 1. The lowest BCUT2D eigenvalue weighted by Crippen LogP contribution is -2.30. The van der Waals surface area contributed by atoms with Crippen molar-refractivity contribution in [2.24, 2.45) is 0 Å². The topological polar surface area (TPSA) is 114 Å². The minimum absolute atomic E-state index is 0.164. The number of carbonyl (C=O) groups excluding carboxylic acids is 2. The Morgan fingerprint density at radius 2 is 1.89 bits per heavy atom. The lowest BCUT2D eigenvalue weighted by atomic mass is 9.95. The number of benzene rings is 3. The average Bonchev–Trinajstić information content (AvgIpc) is 3.41. The Balaban J connectivity index is 1.63. The van der Waals surface area contributed by atoms with Gasteiger partial charge in [0, 0.05) is 12.1 Å². The van der Waals surface area contributed by atoms with E-state index >= 15 is 0 Å². The molecular weight excluding hydrogens is 478 g/mol. The van der Waals surface area contributed by atoms with Crippen molar-refractivity contribution in [2.75, 3.05) is 4.90 Å². The van der Waals surface area contributed by atoms with Crippen molar-refractivity contribution in [3.8, 4) is 0 Å². The van der Waals surface area contributed by atoms with E-state index in [-0.39, 0.29) is 16.4 Å². The molecule has 178 valence electrons. The molecule has 1 aliphatic rings. The summed E-state index contributed by atoms with van der Waals surface area (Å²) in [6, 6.07) is 19.4. The van der Waals surface area contributed by atoms with E-state index in [1.165, 1.54) is 40.5 Å². The van der Waals surface area contributed by atoms with Gasteiger partial charge >= 0.3 is 0 Å². The molecule has 8 nitrogen and oxygen atoms in total. The summed E-state index contributed by atoms with van der Waals surface area (Å²) < 4.78 is 0.832. The number of rotatable bonds is 6. The Morgan fingerprint density at radius 3 is 2.64 bits per heavy atom. The molecule has 3 aromatic carbocycles. The van der Waals surface area contributed by atoms with Crippen LogP contribution in [-0.2, 0) is 9.59 Å². The van der Waals surface area contributed by atoms with E-state index in [0.717, 1.165) is 15.8 Å². The summed E-state index contributed by atoms with van der Waals surface area (Å²) >= 11 is 1.24. The fourth-order valence-corrected chi connectivity index (χ4v) is 5.22. The highest BCUT2D eigenvalue weighted by Crippen LogP contribution is 2.44. The zero-order valence-corrected chi connectivity index (χ0v) is 19.8. The van der Waals surface area contributed by atoms with Crippen LogP contribution < -0.4 is 4.90 Å². The molecule has 9 heteroatoms. The Hall–Kier alpha value is -4.63. The predicted molar refractivity (Wildman–Crippen MR) is 138 cm³/mol. The summed E-state index contributed by atoms with van der Waals surface area (Å²) in [4.78, 5) is 43.3. The number of aryl methyl sites for hydroxylation is 1. The van der Waals surface area contributed by atoms with Gasteiger partial charge in [-0.25, -0.2) is 4.98 Å². The van der Waals surface area contributed by atoms with Crippen LogP contribution in [0.1, 0.15) is 22.7 Å². The average molecular weight is 498 g/mol. The number of allylic oxidation sites excluding steroid dienone is 1. The number of aliphatic hydroxyl groups is 1. The van der Waals surface area contributed by atoms with Crippen molar-refractivity contribution in [2.45, 2.75) is 13.0 Å². The number of hydrogen-bond donors (Lipinski definition) is 1. The number of ketones is 1. The van der Waals surface area contributed by atoms with E-state index < -0.39 is 28.4 Å². The number of aliphatic hydroxyl groups excluding tert-OH is 1. The normalized spacial score (nSPS) is 15.9. The third-order valence-electron chi connectivity index (χ3n) is 5.84. The van der Waals surface area contributed by atoms with Gasteiger partial charge in [0.15, 0.2) is 16.7 Å². The molecule has 2 heterocycles. The maximum atomic E-state index is 13.3. The van der Waals surface area contributed by atoms with Gasteiger partial charge < -0.3 is 5.11 Å². The number of thiazole rings is 1. The summed E-state index contributed by atoms with van der Waals surface area (Å²) in [6.07, 6.45) is 2.87. The fourth-order valence-electron chi connectivity index (χ4n) is 4.13. The van der Waals surface area contributed by atoms with Gasteiger partial charge in [-0.1, -0.05) is 65.9 Å². The predicted octanol–water partition coefficient (Wildman–Crippen LogP) is 5.70. The first-order chi connectivity index (χ1) is 17.3. The van der Waals surface area contributed by atoms with E-state index in [2.05, 4.69) is 4.98 Å². The largest absolute Gasteiger partial charge is 0.503 e. The lowest BCUT2D eigenvalue weighted by Gasteiger charge is -2.24. The molecule has 0 saturated heterocycles. The molecule has 0 saturated carbocycles. The van der Waals surface area contributed by atoms with Crippen LogP contribution in [0, 0.1) is 17.0 Å². The Labute approximate surface area is 209 Å². The molecule has 36 heavy (non-hydrogen) atoms. The highest BCUT2D eigenvalue weighted by molar-refractivity contribution is 7.22. The molecule has 1 N–H and O–H groups in total. The number of nitrogens with zero attached hydrogens (tertiary/aromatic N) is 3. The van der Waals surface area contributed by atoms with Crippen molar-refractivity contribution in [1.29, 1.82) is 0 Å². The van der Waals surface area contributed by atoms with Gasteiger partial charge in [-0.15, -0.1) is 0 Å². The summed E-state index contributed by atoms with van der Waals surface area (Å²) in [5, 5.41) is 22.6. The van der Waals surface area contributed by atoms with E-state index in [1.54, 1.807) is 12.1 Å². The van der Waals surface area contributed by atoms with E-state index in [0.29, 0.717) is 11.1 Å². The Kier molecular flexibility index (Phi) is 5.91. The SMILES string of the molecule is Cc1ccc2nc(N3C(=O)C(O)=C(C(=O)/C=C/c4ccccc4)C3c3cccc([N+](=O)[O-])c3)sc2c1. The van der Waals surface area contributed by atoms with Crippen molar-refractivity contribution in [3.63, 3.8) is 0 Å². The molecule has 0 spiro atoms. The Bertz CT molecular complexity index is 1590. The number of hydrogen-bond acceptors (Lipinski definition) is 7. The zero-order valence-electron chi connectivity index (χ0n) is 19.0. The molecular formula is C27H19N3O5S. The molecule has 1 aliphatic heterocycles. The molecule has 0 aliphatic carbocycles. The van der Waals surface area contributed by atoms with Gasteiger partial charge in [0.05, 0.1) is 26.8 Å². The summed E-state index contributed by atoms with van der Waals surface area (Å²) in [5.41, 5.74) is 2.40. The maximum Gasteiger partial charge on any atom is 0.296 e. The number of nitro groups is 1. The van der Waals surface area contributed by atoms with E-state index in [9.17, 15) is 24.8 Å². The van der Waals surface area contributed by atoms with Gasteiger partial charge in [0.2, 0.25) is 0 Å². The second-order valence-electron chi connectivity index (χ2n) is 8.27. The minimum atomic E-state index is -1.09. The van der Waals surface area contributed by atoms with Crippen LogP contribution in [0.5, 0.6) is 0 Å². The number of amides is 1. The molecule has 1 amide bonds. The van der Waals surface area contributed by atoms with Gasteiger partial charge in [-0.3, -0.25) is 24.6 Å². The van der Waals surface area contributed by atoms with Crippen LogP contribution in [0.4, 0.5) is 10.8 Å². The van der Waals surface area contributed by atoms with E-state index in [1.807, 2.05) is 55.5 Å². The quantitative estimate of drug-likeness (QED) is 0.208. The molecule has 5 rings (SSSR count). The van der Waals surface area contributed by atoms with Gasteiger partial charge in [-0.2, -0.15) is 0 Å². The van der Waals surface area contributed by atoms with Crippen LogP contribution in [-0.4, -0.2) is 26.7 Å². The first-order valence-corrected chi connectivity index (χ1v) is 11.8. The molecule has 4 aromatic rings. The van der Waals surface area contributed by atoms with Crippen LogP contribution in [0.2, 0.25) is 0 Å². The van der Waals surface area contributed by atoms with Crippen molar-refractivity contribution in [1.82, 2.24) is 4.98 Å². The molecule has 0 bridgehead atoms. The van der Waals surface area contributed by atoms with Crippen LogP contribution in [0.15, 0.2) is 90.2 Å². The molecule has 0 radical (unpaired) electrons. The summed E-state index contributed by atoms with van der Waals surface area (Å²) in [5.74, 6) is -2.08. The number of non-ortho nitro benzene ring substituents is 1. The van der Waals surface area contributed by atoms with Gasteiger partial charge in [0.25, 0.3) is 11.6 Å². The monoisotopic (exact) mass is 497 g/mol. The molecule has 0 fully saturated rings. The Morgan fingerprint density at radius 1 is 1.11 bits per heavy atom. The highest BCUT2D eigenvalue weighted by atomic mass is 32.1. The van der Waals surface area contributed by atoms with E-state index in [4.69, 9.17) is 0 Å². The highest BCUT2D eigenvalue weighted by Gasteiger charge is 2.45. The van der Waals surface area contributed by atoms with Crippen molar-refractivity contribution < 1.29 is 19.6 Å². The number of carbonyl (C=O) groups is 2. The third-order valence-corrected chi connectivity index (χ3v) is 6.85. The lowest BCUT2D eigenvalue weighted by molar-refractivity contribution is -0.384. The zero-order chi connectivity index (χ0) is 25.4. The summed E-state index contributed by atoms with van der Waals surface area (Å²) in [7, 11) is 0. The second kappa shape index (κ2) is 9.20. The fraction of sp³-hybridized carbons (Fsp3) is 0.0741. The number of fused-ring (bicyclic) bond motifs is 1. The smallest absolute Gasteiger partial charge is 0.296 e. The number of anilines is 1. The molecule has 1 aromatic heterocycles. The first kappa shape index (κ1) is 23.1. The van der Waals surface area contributed by atoms with Crippen LogP contribution >= 0.6 is 11.3 Å². The summed E-state index contributed by atoms with van der Waals surface area (Å²) in [6.45, 7) is 1.94. The van der Waals surface area contributed by atoms with Crippen LogP contribution in [0.3, 0.4) is 0 Å². The first-order valence-electron chi connectivity index (χ1n) is 11.0. The minimum Gasteiger partial charge on any atom is -0.503 e. The second-order valence-corrected chi connectivity index (χ2v) is 9.28. The number of nitro benzene ring substituents is 1. The standard InChI is InChI=1S/C27H19N3O5S/c1-16-10-12-20-22(14-16)36-27(28-20)29-24(18-8-5-9-19(15-18)30(34)35)23(25(32)26(29)33)21(31)13-11-17-6-3-2-4-7-17/h2-15,24,32H,1H3/b13-11+. The van der Waals surface area contributed by atoms with Crippen LogP contribution in [0.25, 0.3) is 16.3 Å². The van der Waals surface area contributed by atoms with Gasteiger partial charge in [-0.05, 0) is 41.8 Å². The molecule has 1 unspecified atom stereocenters. The van der Waals surface area contributed by atoms with Crippen molar-refractivity contribution in [3.05, 3.63) is 117 Å². The maximum absolute atomic E-state index is 13.3.